The van der Waals surface area contributed by atoms with Crippen LogP contribution in [-0.2, 0) is 11.8 Å². The first-order valence-electron chi connectivity index (χ1n) is 12.7. The van der Waals surface area contributed by atoms with Crippen LogP contribution in [0.5, 0.6) is 5.75 Å². The summed E-state index contributed by atoms with van der Waals surface area (Å²) in [6.45, 7) is 3.33. The van der Waals surface area contributed by atoms with Crippen molar-refractivity contribution in [3.05, 3.63) is 48.9 Å². The molecule has 1 aliphatic heterocycles. The monoisotopic (exact) mass is 514 g/mol. The Kier molecular flexibility index (Phi) is 7.15. The Morgan fingerprint density at radius 1 is 1.08 bits per heavy atom. The number of anilines is 4. The molecule has 38 heavy (non-hydrogen) atoms. The number of benzene rings is 2. The van der Waals surface area contributed by atoms with Crippen molar-refractivity contribution in [2.45, 2.75) is 25.8 Å². The summed E-state index contributed by atoms with van der Waals surface area (Å²) in [5.41, 5.74) is 5.21. The number of hydrogen-bond acceptors (Lipinski definition) is 8. The van der Waals surface area contributed by atoms with Gasteiger partial charge in [-0.2, -0.15) is 5.10 Å². The van der Waals surface area contributed by atoms with Gasteiger partial charge in [0.1, 0.15) is 17.9 Å². The second kappa shape index (κ2) is 10.7. The zero-order valence-corrected chi connectivity index (χ0v) is 22.5. The summed E-state index contributed by atoms with van der Waals surface area (Å²) in [7, 11) is 7.83. The molecule has 0 spiro atoms. The Bertz CT molecular complexity index is 1460. The van der Waals surface area contributed by atoms with Gasteiger partial charge < -0.3 is 25.2 Å². The summed E-state index contributed by atoms with van der Waals surface area (Å²) in [6.07, 6.45) is 5.50. The van der Waals surface area contributed by atoms with Crippen molar-refractivity contribution < 1.29 is 9.53 Å². The lowest BCUT2D eigenvalue weighted by Gasteiger charge is -2.37. The molecule has 3 heterocycles. The number of rotatable bonds is 7. The van der Waals surface area contributed by atoms with E-state index in [1.807, 2.05) is 48.3 Å². The minimum atomic E-state index is -0.124. The number of aryl methyl sites for hydroxylation is 1. The fourth-order valence-corrected chi connectivity index (χ4v) is 5.05. The predicted octanol–water partition coefficient (Wildman–Crippen LogP) is 4.27. The Labute approximate surface area is 222 Å². The molecule has 10 nitrogen and oxygen atoms in total. The van der Waals surface area contributed by atoms with Crippen molar-refractivity contribution in [1.29, 1.82) is 0 Å². The number of hydrogen-bond donors (Lipinski definition) is 2. The van der Waals surface area contributed by atoms with Crippen LogP contribution < -0.4 is 20.3 Å². The van der Waals surface area contributed by atoms with Crippen LogP contribution >= 0.6 is 0 Å². The molecule has 0 atom stereocenters. The molecular weight excluding hydrogens is 480 g/mol. The lowest BCUT2D eigenvalue weighted by atomic mass is 10.0. The Morgan fingerprint density at radius 2 is 1.87 bits per heavy atom. The standard InChI is InChI=1S/C28H34N8O2/c1-18(37)32-23-13-24(27(38-5)15-26(23)36-10-8-21(9-11-36)34(2)3)33-28-14-22(29-17-30-28)19-6-7-25-20(12-19)16-31-35(25)4/h6-7,12-17,21H,8-11H2,1-5H3,(H,32,37)(H,29,30,33). The van der Waals surface area contributed by atoms with Gasteiger partial charge in [0.15, 0.2) is 0 Å². The Morgan fingerprint density at radius 3 is 2.58 bits per heavy atom. The van der Waals surface area contributed by atoms with Crippen molar-refractivity contribution in [1.82, 2.24) is 24.6 Å². The van der Waals surface area contributed by atoms with Crippen LogP contribution in [0.3, 0.4) is 0 Å². The van der Waals surface area contributed by atoms with Gasteiger partial charge in [-0.3, -0.25) is 9.48 Å². The third-order valence-electron chi connectivity index (χ3n) is 7.14. The summed E-state index contributed by atoms with van der Waals surface area (Å²) in [5, 5.41) is 11.8. The SMILES string of the molecule is COc1cc(N2CCC(N(C)C)CC2)c(NC(C)=O)cc1Nc1cc(-c2ccc3c(cnn3C)c2)ncn1. The van der Waals surface area contributed by atoms with Crippen molar-refractivity contribution in [2.75, 3.05) is 49.8 Å². The molecule has 0 aliphatic carbocycles. The number of piperidine rings is 1. The van der Waals surface area contributed by atoms with E-state index in [4.69, 9.17) is 4.74 Å². The number of methoxy groups -OCH3 is 1. The number of amides is 1. The van der Waals surface area contributed by atoms with Crippen LogP contribution in [0.1, 0.15) is 19.8 Å². The minimum absolute atomic E-state index is 0.124. The molecule has 2 N–H and O–H groups in total. The molecule has 0 saturated carbocycles. The molecule has 0 bridgehead atoms. The maximum atomic E-state index is 12.1. The molecule has 0 radical (unpaired) electrons. The van der Waals surface area contributed by atoms with Crippen LogP contribution in [0.4, 0.5) is 22.9 Å². The quantitative estimate of drug-likeness (QED) is 0.377. The molecule has 1 fully saturated rings. The van der Waals surface area contributed by atoms with Crippen molar-refractivity contribution in [3.8, 4) is 17.0 Å². The molecule has 4 aromatic rings. The number of nitrogens with one attached hydrogen (secondary N) is 2. The molecule has 2 aromatic carbocycles. The number of ether oxygens (including phenoxy) is 1. The molecular formula is C28H34N8O2. The normalized spacial score (nSPS) is 14.2. The molecule has 1 saturated heterocycles. The highest BCUT2D eigenvalue weighted by atomic mass is 16.5. The average molecular weight is 515 g/mol. The van der Waals surface area contributed by atoms with Gasteiger partial charge >= 0.3 is 0 Å². The van der Waals surface area contributed by atoms with Crippen LogP contribution in [0.2, 0.25) is 0 Å². The lowest BCUT2D eigenvalue weighted by Crippen LogP contribution is -2.42. The topological polar surface area (TPSA) is 100 Å². The van der Waals surface area contributed by atoms with E-state index in [1.54, 1.807) is 7.11 Å². The highest BCUT2D eigenvalue weighted by Crippen LogP contribution is 2.39. The summed E-state index contributed by atoms with van der Waals surface area (Å²) in [6, 6.07) is 12.5. The molecule has 0 unspecified atom stereocenters. The predicted molar refractivity (Wildman–Crippen MR) is 151 cm³/mol. The van der Waals surface area contributed by atoms with Gasteiger partial charge in [0, 0.05) is 56.2 Å². The Balaban J connectivity index is 1.44. The number of fused-ring (bicyclic) bond motifs is 1. The number of carbonyl (C=O) groups is 1. The maximum Gasteiger partial charge on any atom is 0.221 e. The Hall–Kier alpha value is -4.18. The first kappa shape index (κ1) is 25.5. The first-order valence-corrected chi connectivity index (χ1v) is 12.7. The number of carbonyl (C=O) groups excluding carboxylic acids is 1. The average Bonchev–Trinajstić information content (AvgIpc) is 3.28. The molecule has 198 valence electrons. The first-order chi connectivity index (χ1) is 18.3. The second-order valence-corrected chi connectivity index (χ2v) is 9.89. The van der Waals surface area contributed by atoms with Gasteiger partial charge in [-0.15, -0.1) is 0 Å². The van der Waals surface area contributed by atoms with Crippen molar-refractivity contribution in [3.63, 3.8) is 0 Å². The van der Waals surface area contributed by atoms with Crippen molar-refractivity contribution in [2.24, 2.45) is 7.05 Å². The van der Waals surface area contributed by atoms with Gasteiger partial charge in [-0.1, -0.05) is 6.07 Å². The van der Waals surface area contributed by atoms with Crippen molar-refractivity contribution >= 4 is 39.7 Å². The summed E-state index contributed by atoms with van der Waals surface area (Å²) in [5.74, 6) is 1.16. The van der Waals surface area contributed by atoms with E-state index in [0.29, 0.717) is 23.3 Å². The number of nitrogens with zero attached hydrogens (tertiary/aromatic N) is 6. The van der Waals surface area contributed by atoms with Gasteiger partial charge in [0.05, 0.1) is 41.6 Å². The lowest BCUT2D eigenvalue weighted by molar-refractivity contribution is -0.114. The highest BCUT2D eigenvalue weighted by Gasteiger charge is 2.24. The van der Waals surface area contributed by atoms with E-state index in [-0.39, 0.29) is 5.91 Å². The highest BCUT2D eigenvalue weighted by molar-refractivity contribution is 5.95. The zero-order chi connectivity index (χ0) is 26.8. The molecule has 1 amide bonds. The largest absolute Gasteiger partial charge is 0.494 e. The fraction of sp³-hybridized carbons (Fsp3) is 0.357. The van der Waals surface area contributed by atoms with Gasteiger partial charge in [0.2, 0.25) is 5.91 Å². The van der Waals surface area contributed by atoms with Gasteiger partial charge in [0.25, 0.3) is 0 Å². The van der Waals surface area contributed by atoms with Crippen LogP contribution in [0.25, 0.3) is 22.2 Å². The van der Waals surface area contributed by atoms with E-state index in [1.165, 1.54) is 13.3 Å². The molecule has 2 aromatic heterocycles. The van der Waals surface area contributed by atoms with E-state index < -0.39 is 0 Å². The van der Waals surface area contributed by atoms with E-state index >= 15 is 0 Å². The summed E-state index contributed by atoms with van der Waals surface area (Å²) >= 11 is 0. The summed E-state index contributed by atoms with van der Waals surface area (Å²) < 4.78 is 7.62. The van der Waals surface area contributed by atoms with Crippen LogP contribution in [0, 0.1) is 0 Å². The molecule has 1 aliphatic rings. The van der Waals surface area contributed by atoms with Crippen LogP contribution in [0.15, 0.2) is 48.9 Å². The smallest absolute Gasteiger partial charge is 0.221 e. The maximum absolute atomic E-state index is 12.1. The second-order valence-electron chi connectivity index (χ2n) is 9.89. The fourth-order valence-electron chi connectivity index (χ4n) is 5.05. The van der Waals surface area contributed by atoms with Crippen LogP contribution in [-0.4, -0.2) is 70.9 Å². The minimum Gasteiger partial charge on any atom is -0.494 e. The zero-order valence-electron chi connectivity index (χ0n) is 22.5. The van der Waals surface area contributed by atoms with E-state index in [9.17, 15) is 4.79 Å². The van der Waals surface area contributed by atoms with E-state index in [0.717, 1.165) is 59.5 Å². The third-order valence-corrected chi connectivity index (χ3v) is 7.14. The summed E-state index contributed by atoms with van der Waals surface area (Å²) in [4.78, 5) is 25.6. The van der Waals surface area contributed by atoms with Gasteiger partial charge in [-0.25, -0.2) is 9.97 Å². The van der Waals surface area contributed by atoms with E-state index in [2.05, 4.69) is 55.7 Å². The molecule has 5 rings (SSSR count). The molecule has 10 heteroatoms. The third kappa shape index (κ3) is 5.26. The number of aromatic nitrogens is 4. The van der Waals surface area contributed by atoms with Gasteiger partial charge in [-0.05, 0) is 45.1 Å².